The van der Waals surface area contributed by atoms with E-state index in [9.17, 15) is 9.90 Å². The molecule has 0 aliphatic heterocycles. The predicted molar refractivity (Wildman–Crippen MR) is 63.0 cm³/mol. The normalized spacial score (nSPS) is 11.7. The van der Waals surface area contributed by atoms with Crippen LogP contribution in [0, 0.1) is 0 Å². The van der Waals surface area contributed by atoms with Gasteiger partial charge in [-0.05, 0) is 32.9 Å². The Labute approximate surface area is 98.6 Å². The van der Waals surface area contributed by atoms with Gasteiger partial charge in [0, 0.05) is 0 Å². The maximum absolute atomic E-state index is 11.8. The molecular formula is C12H14N2O3. The van der Waals surface area contributed by atoms with Crippen LogP contribution in [-0.2, 0) is 4.74 Å². The van der Waals surface area contributed by atoms with E-state index in [2.05, 4.69) is 5.10 Å². The molecule has 1 heterocycles. The molecule has 5 nitrogen and oxygen atoms in total. The molecule has 0 aliphatic carbocycles. The number of hydrogen-bond donors (Lipinski definition) is 1. The first-order valence-corrected chi connectivity index (χ1v) is 5.27. The molecule has 0 saturated heterocycles. The van der Waals surface area contributed by atoms with Crippen molar-refractivity contribution in [2.24, 2.45) is 0 Å². The van der Waals surface area contributed by atoms with Crippen LogP contribution in [-0.4, -0.2) is 26.6 Å². The molecule has 90 valence electrons. The number of rotatable bonds is 0. The molecule has 2 aromatic rings. The van der Waals surface area contributed by atoms with Gasteiger partial charge in [0.1, 0.15) is 11.4 Å². The Bertz CT molecular complexity index is 567. The summed E-state index contributed by atoms with van der Waals surface area (Å²) in [6, 6.07) is 4.90. The van der Waals surface area contributed by atoms with Gasteiger partial charge in [-0.25, -0.2) is 4.79 Å². The molecule has 0 aliphatic rings. The molecule has 17 heavy (non-hydrogen) atoms. The maximum Gasteiger partial charge on any atom is 0.435 e. The molecule has 0 atom stereocenters. The molecule has 0 saturated carbocycles. The molecule has 1 aromatic heterocycles. The van der Waals surface area contributed by atoms with Gasteiger partial charge >= 0.3 is 6.09 Å². The highest BCUT2D eigenvalue weighted by Gasteiger charge is 2.20. The van der Waals surface area contributed by atoms with Gasteiger partial charge in [-0.1, -0.05) is 6.07 Å². The lowest BCUT2D eigenvalue weighted by Crippen LogP contribution is -2.27. The first kappa shape index (κ1) is 11.4. The number of hydrogen-bond acceptors (Lipinski definition) is 4. The van der Waals surface area contributed by atoms with Crippen LogP contribution in [0.2, 0.25) is 0 Å². The number of aromatic hydroxyl groups is 1. The quantitative estimate of drug-likeness (QED) is 0.760. The van der Waals surface area contributed by atoms with Crippen molar-refractivity contribution in [1.29, 1.82) is 0 Å². The summed E-state index contributed by atoms with van der Waals surface area (Å²) in [7, 11) is 0. The van der Waals surface area contributed by atoms with E-state index in [1.165, 1.54) is 6.20 Å². The van der Waals surface area contributed by atoms with Gasteiger partial charge in [0.25, 0.3) is 0 Å². The van der Waals surface area contributed by atoms with Gasteiger partial charge in [0.2, 0.25) is 0 Å². The fraction of sp³-hybridized carbons (Fsp3) is 0.333. The van der Waals surface area contributed by atoms with Crippen LogP contribution in [0.25, 0.3) is 10.9 Å². The van der Waals surface area contributed by atoms with Crippen molar-refractivity contribution >= 4 is 17.0 Å². The minimum atomic E-state index is -0.577. The van der Waals surface area contributed by atoms with Crippen LogP contribution in [0.1, 0.15) is 20.8 Å². The summed E-state index contributed by atoms with van der Waals surface area (Å²) < 4.78 is 6.35. The predicted octanol–water partition coefficient (Wildman–Crippen LogP) is 2.53. The largest absolute Gasteiger partial charge is 0.507 e. The summed E-state index contributed by atoms with van der Waals surface area (Å²) in [6.07, 6.45) is 0.882. The molecule has 0 amide bonds. The van der Waals surface area contributed by atoms with E-state index >= 15 is 0 Å². The third-order valence-electron chi connectivity index (χ3n) is 2.16. The molecule has 2 rings (SSSR count). The van der Waals surface area contributed by atoms with Crippen LogP contribution in [0.3, 0.4) is 0 Å². The topological polar surface area (TPSA) is 64.4 Å². The maximum atomic E-state index is 11.8. The standard InChI is InChI=1S/C12H14N2O3/c1-12(2,3)17-11(16)14-9-5-4-6-10(15)8(9)7-13-14/h4-7,15H,1-3H3. The first-order valence-electron chi connectivity index (χ1n) is 5.27. The second kappa shape index (κ2) is 3.76. The van der Waals surface area contributed by atoms with Crippen LogP contribution in [0.5, 0.6) is 5.75 Å². The third kappa shape index (κ3) is 2.22. The lowest BCUT2D eigenvalue weighted by Gasteiger charge is -2.19. The summed E-state index contributed by atoms with van der Waals surface area (Å²) >= 11 is 0. The van der Waals surface area contributed by atoms with E-state index in [4.69, 9.17) is 4.74 Å². The molecule has 0 radical (unpaired) electrons. The number of fused-ring (bicyclic) bond motifs is 1. The monoisotopic (exact) mass is 234 g/mol. The van der Waals surface area contributed by atoms with E-state index in [1.807, 2.05) is 0 Å². The molecule has 0 spiro atoms. The zero-order valence-corrected chi connectivity index (χ0v) is 9.97. The molecule has 1 aromatic carbocycles. The molecule has 0 fully saturated rings. The van der Waals surface area contributed by atoms with Crippen LogP contribution < -0.4 is 0 Å². The highest BCUT2D eigenvalue weighted by Crippen LogP contribution is 2.24. The van der Waals surface area contributed by atoms with Crippen LogP contribution in [0.4, 0.5) is 4.79 Å². The highest BCUT2D eigenvalue weighted by molar-refractivity contribution is 5.91. The number of phenolic OH excluding ortho intramolecular Hbond substituents is 1. The van der Waals surface area contributed by atoms with Crippen molar-refractivity contribution in [3.63, 3.8) is 0 Å². The van der Waals surface area contributed by atoms with Gasteiger partial charge in [0.15, 0.2) is 0 Å². The molecular weight excluding hydrogens is 220 g/mol. The van der Waals surface area contributed by atoms with Gasteiger partial charge < -0.3 is 9.84 Å². The Morgan fingerprint density at radius 3 is 2.76 bits per heavy atom. The summed E-state index contributed by atoms with van der Waals surface area (Å²) in [6.45, 7) is 5.36. The number of carbonyl (C=O) groups excluding carboxylic acids is 1. The zero-order chi connectivity index (χ0) is 12.6. The van der Waals surface area contributed by atoms with Gasteiger partial charge in [0.05, 0.1) is 17.1 Å². The number of aromatic nitrogens is 2. The Hall–Kier alpha value is -2.04. The van der Waals surface area contributed by atoms with Crippen LogP contribution in [0.15, 0.2) is 24.4 Å². The van der Waals surface area contributed by atoms with Crippen molar-refractivity contribution in [3.05, 3.63) is 24.4 Å². The van der Waals surface area contributed by atoms with E-state index in [-0.39, 0.29) is 5.75 Å². The van der Waals surface area contributed by atoms with Gasteiger partial charge in [-0.2, -0.15) is 9.78 Å². The van der Waals surface area contributed by atoms with E-state index in [0.717, 1.165) is 4.68 Å². The van der Waals surface area contributed by atoms with E-state index in [1.54, 1.807) is 39.0 Å². The van der Waals surface area contributed by atoms with Crippen molar-refractivity contribution in [2.75, 3.05) is 0 Å². The second-order valence-electron chi connectivity index (χ2n) is 4.75. The van der Waals surface area contributed by atoms with E-state index in [0.29, 0.717) is 10.9 Å². The number of phenols is 1. The van der Waals surface area contributed by atoms with Crippen LogP contribution >= 0.6 is 0 Å². The lowest BCUT2D eigenvalue weighted by molar-refractivity contribution is 0.0523. The molecule has 5 heteroatoms. The molecule has 0 unspecified atom stereocenters. The third-order valence-corrected chi connectivity index (χ3v) is 2.16. The number of carbonyl (C=O) groups is 1. The molecule has 0 bridgehead atoms. The fourth-order valence-corrected chi connectivity index (χ4v) is 1.49. The molecule has 1 N–H and O–H groups in total. The summed E-state index contributed by atoms with van der Waals surface area (Å²) in [5.41, 5.74) is -0.0501. The Morgan fingerprint density at radius 1 is 1.41 bits per heavy atom. The van der Waals surface area contributed by atoms with Crippen molar-refractivity contribution in [3.8, 4) is 5.75 Å². The number of nitrogens with zero attached hydrogens (tertiary/aromatic N) is 2. The summed E-state index contributed by atoms with van der Waals surface area (Å²) in [5, 5.41) is 14.0. The van der Waals surface area contributed by atoms with Crippen molar-refractivity contribution < 1.29 is 14.6 Å². The minimum Gasteiger partial charge on any atom is -0.507 e. The van der Waals surface area contributed by atoms with Gasteiger partial charge in [-0.3, -0.25) is 0 Å². The Morgan fingerprint density at radius 2 is 2.12 bits per heavy atom. The smallest absolute Gasteiger partial charge is 0.435 e. The van der Waals surface area contributed by atoms with Crippen molar-refractivity contribution in [2.45, 2.75) is 26.4 Å². The summed E-state index contributed by atoms with van der Waals surface area (Å²) in [4.78, 5) is 11.8. The van der Waals surface area contributed by atoms with E-state index < -0.39 is 11.7 Å². The first-order chi connectivity index (χ1) is 7.88. The lowest BCUT2D eigenvalue weighted by atomic mass is 10.2. The Kier molecular flexibility index (Phi) is 2.53. The SMILES string of the molecule is CC(C)(C)OC(=O)n1ncc2c(O)cccc21. The number of benzene rings is 1. The van der Waals surface area contributed by atoms with Crippen molar-refractivity contribution in [1.82, 2.24) is 9.78 Å². The van der Waals surface area contributed by atoms with Gasteiger partial charge in [-0.15, -0.1) is 0 Å². The minimum absolute atomic E-state index is 0.0947. The second-order valence-corrected chi connectivity index (χ2v) is 4.75. The average Bonchev–Trinajstić information content (AvgIpc) is 2.60. The fourth-order valence-electron chi connectivity index (χ4n) is 1.49. The zero-order valence-electron chi connectivity index (χ0n) is 9.97. The average molecular weight is 234 g/mol. The summed E-state index contributed by atoms with van der Waals surface area (Å²) in [5.74, 6) is 0.0947. The Balaban J connectivity index is 2.43. The highest BCUT2D eigenvalue weighted by atomic mass is 16.6. The number of ether oxygens (including phenoxy) is 1.